The van der Waals surface area contributed by atoms with E-state index in [0.29, 0.717) is 47.7 Å². The molecule has 0 fully saturated rings. The molecule has 0 unspecified atom stereocenters. The summed E-state index contributed by atoms with van der Waals surface area (Å²) in [5, 5.41) is 25.0. The molecule has 20 heteroatoms. The van der Waals surface area contributed by atoms with Crippen molar-refractivity contribution in [3.63, 3.8) is 0 Å². The van der Waals surface area contributed by atoms with Gasteiger partial charge in [0.1, 0.15) is 15.5 Å². The van der Waals surface area contributed by atoms with Crippen LogP contribution in [0.4, 0.5) is 22.7 Å². The molecule has 10 N–H and O–H groups in total. The van der Waals surface area contributed by atoms with E-state index in [0.717, 1.165) is 0 Å². The van der Waals surface area contributed by atoms with Crippen LogP contribution in [-0.4, -0.2) is 62.1 Å². The lowest BCUT2D eigenvalue weighted by Crippen LogP contribution is -2.19. The second kappa shape index (κ2) is 59.2. The van der Waals surface area contributed by atoms with Gasteiger partial charge in [0.15, 0.2) is 5.75 Å². The monoisotopic (exact) mass is 1440 g/mol. The van der Waals surface area contributed by atoms with Crippen molar-refractivity contribution in [2.24, 2.45) is 37.7 Å². The van der Waals surface area contributed by atoms with Crippen molar-refractivity contribution >= 4 is 63.9 Å². The second-order valence-corrected chi connectivity index (χ2v) is 31.7. The minimum atomic E-state index is -5.24. The molecule has 0 aliphatic rings. The lowest BCUT2D eigenvalue weighted by Gasteiger charge is -2.12. The number of azo groups is 2. The molecule has 568 valence electrons. The van der Waals surface area contributed by atoms with Gasteiger partial charge in [-0.2, -0.15) is 40.6 Å². The first-order valence-electron chi connectivity index (χ1n) is 39.1. The quantitative estimate of drug-likeness (QED) is 0.0123. The lowest BCUT2D eigenvalue weighted by atomic mass is 10.0. The topological polar surface area (TPSA) is 311 Å². The van der Waals surface area contributed by atoms with Gasteiger partial charge in [-0.1, -0.05) is 329 Å². The van der Waals surface area contributed by atoms with E-state index >= 15 is 0 Å². The van der Waals surface area contributed by atoms with Crippen LogP contribution in [0.25, 0.3) is 10.8 Å². The van der Waals surface area contributed by atoms with Crippen molar-refractivity contribution in [3.05, 3.63) is 72.8 Å². The molecule has 99 heavy (non-hydrogen) atoms. The average molecular weight is 1440 g/mol. The Morgan fingerprint density at radius 2 is 0.566 bits per heavy atom. The van der Waals surface area contributed by atoms with E-state index in [4.69, 9.17) is 17.2 Å². The predicted molar refractivity (Wildman–Crippen MR) is 416 cm³/mol. The van der Waals surface area contributed by atoms with Crippen LogP contribution in [0, 0.1) is 0 Å². The van der Waals surface area contributed by atoms with Crippen molar-refractivity contribution in [1.29, 1.82) is 0 Å². The molecule has 0 atom stereocenters. The molecule has 0 saturated carbocycles. The molecule has 0 aromatic heterocycles. The second-order valence-electron chi connectivity index (χ2n) is 27.5. The number of hydrogen-bond donors (Lipinski definition) is 7. The van der Waals surface area contributed by atoms with Crippen LogP contribution in [0.3, 0.4) is 0 Å². The maximum absolute atomic E-state index is 12.1. The predicted octanol–water partition coefficient (Wildman–Crippen LogP) is 24.9. The molecular formula is C79H139N7O10S3. The Bertz CT molecular complexity index is 2880. The Balaban J connectivity index is 0.000000704. The minimum absolute atomic E-state index is 0.112. The first-order chi connectivity index (χ1) is 47.6. The molecule has 4 aromatic rings. The van der Waals surface area contributed by atoms with Crippen LogP contribution < -0.4 is 17.2 Å². The van der Waals surface area contributed by atoms with Gasteiger partial charge in [-0.15, -0.1) is 5.11 Å². The lowest BCUT2D eigenvalue weighted by molar-refractivity contribution is 0.445. The van der Waals surface area contributed by atoms with E-state index in [2.05, 4.69) is 62.0 Å². The fourth-order valence-electron chi connectivity index (χ4n) is 12.0. The zero-order valence-electron chi connectivity index (χ0n) is 62.6. The third-order valence-electron chi connectivity index (χ3n) is 18.2. The summed E-state index contributed by atoms with van der Waals surface area (Å²) in [6.07, 6.45) is 66.3. The highest BCUT2D eigenvalue weighted by Gasteiger charge is 2.29. The zero-order chi connectivity index (χ0) is 73.3. The van der Waals surface area contributed by atoms with Gasteiger partial charge >= 0.3 is 0 Å². The van der Waals surface area contributed by atoms with E-state index in [1.165, 1.54) is 332 Å². The third-order valence-corrected chi connectivity index (χ3v) is 20.7. The Hall–Kier alpha value is -4.25. The van der Waals surface area contributed by atoms with Crippen LogP contribution in [0.15, 0.2) is 108 Å². The third kappa shape index (κ3) is 48.4. The summed E-state index contributed by atoms with van der Waals surface area (Å²) in [5.74, 6) is -1.24. The molecule has 0 heterocycles. The number of hydrogen-bond acceptors (Lipinski definition) is 14. The number of fused-ring (bicyclic) bond motifs is 1. The standard InChI is InChI=1S/C22H16N4O10S3.3C19H41N/c27-22-19(39(34,35)36)11-13-10-17(37(28,29)30)12-18(38(31,32)33)20(13)21(22)26-25-16-8-6-15(7-9-16)24-23-14-4-2-1-3-5-14;3*1-3-5-7-9-11-13-15-17-19(20)18-16-14-12-10-8-6-4-2/h1-12,27H,(H,28,29,30)(H,31,32,33)(H,34,35,36);3*19H,3-18,20H2,1-2H3. The first-order valence-corrected chi connectivity index (χ1v) is 43.4. The SMILES string of the molecule is CCCCCCCCCC(N)CCCCCCCCC.CCCCCCCCCC(N)CCCCCCCCC.CCCCCCCCCC(N)CCCCCCCCC.O=S(=O)(O)c1cc(S(=O)(=O)O)c2c(N=Nc3ccc(N=Nc4ccccc4)cc3)c(O)c(S(=O)(=O)O)cc2c1. The molecule has 4 aromatic carbocycles. The van der Waals surface area contributed by atoms with E-state index < -0.39 is 67.3 Å². The number of rotatable bonds is 55. The fourth-order valence-corrected chi connectivity index (χ4v) is 14.0. The van der Waals surface area contributed by atoms with Crippen LogP contribution in [0.5, 0.6) is 5.75 Å². The van der Waals surface area contributed by atoms with Crippen molar-refractivity contribution in [1.82, 2.24) is 0 Å². The van der Waals surface area contributed by atoms with E-state index in [1.807, 2.05) is 6.07 Å². The molecule has 0 aliphatic carbocycles. The molecule has 0 spiro atoms. The number of nitrogens with two attached hydrogens (primary N) is 3. The Morgan fingerprint density at radius 1 is 0.313 bits per heavy atom. The summed E-state index contributed by atoms with van der Waals surface area (Å²) in [7, 11) is -15.5. The van der Waals surface area contributed by atoms with Gasteiger partial charge < -0.3 is 22.3 Å². The Kier molecular flexibility index (Phi) is 55.4. The average Bonchev–Trinajstić information content (AvgIpc) is 0.742. The Labute approximate surface area is 603 Å². The van der Waals surface area contributed by atoms with Gasteiger partial charge in [0.05, 0.1) is 22.0 Å². The van der Waals surface area contributed by atoms with Crippen LogP contribution in [0.2, 0.25) is 0 Å². The van der Waals surface area contributed by atoms with Crippen LogP contribution in [0.1, 0.15) is 350 Å². The molecule has 17 nitrogen and oxygen atoms in total. The number of aromatic hydroxyl groups is 1. The number of phenolic OH excluding ortho intramolecular Hbond substituents is 1. The summed E-state index contributed by atoms with van der Waals surface area (Å²) in [6.45, 7) is 13.7. The summed E-state index contributed by atoms with van der Waals surface area (Å²) in [4.78, 5) is -3.34. The van der Waals surface area contributed by atoms with E-state index in [-0.39, 0.29) is 5.69 Å². The molecule has 0 bridgehead atoms. The molecule has 0 saturated heterocycles. The molecule has 0 radical (unpaired) electrons. The van der Waals surface area contributed by atoms with Gasteiger partial charge in [0.25, 0.3) is 30.4 Å². The first kappa shape index (κ1) is 92.8. The largest absolute Gasteiger partial charge is 0.504 e. The maximum atomic E-state index is 12.1. The fraction of sp³-hybridized carbons (Fsp3) is 0.722. The van der Waals surface area contributed by atoms with Crippen molar-refractivity contribution in [3.8, 4) is 5.75 Å². The normalized spacial score (nSPS) is 12.0. The molecule has 0 amide bonds. The highest BCUT2D eigenvalue weighted by molar-refractivity contribution is 7.87. The number of unbranched alkanes of at least 4 members (excludes halogenated alkanes) is 36. The highest BCUT2D eigenvalue weighted by atomic mass is 32.2. The summed E-state index contributed by atoms with van der Waals surface area (Å²) < 4.78 is 99.9. The van der Waals surface area contributed by atoms with Crippen LogP contribution >= 0.6 is 0 Å². The van der Waals surface area contributed by atoms with E-state index in [9.17, 15) is 44.0 Å². The van der Waals surface area contributed by atoms with Gasteiger partial charge in [-0.05, 0) is 98.5 Å². The van der Waals surface area contributed by atoms with Crippen molar-refractivity contribution in [2.75, 3.05) is 0 Å². The summed E-state index contributed by atoms with van der Waals surface area (Å²) in [5.41, 5.74) is 18.9. The Morgan fingerprint density at radius 3 is 0.828 bits per heavy atom. The minimum Gasteiger partial charge on any atom is -0.504 e. The van der Waals surface area contributed by atoms with Crippen molar-refractivity contribution in [2.45, 2.75) is 383 Å². The zero-order valence-corrected chi connectivity index (χ0v) is 65.0. The summed E-state index contributed by atoms with van der Waals surface area (Å²) in [6, 6.07) is 17.7. The van der Waals surface area contributed by atoms with Gasteiger partial charge in [0.2, 0.25) is 0 Å². The van der Waals surface area contributed by atoms with Gasteiger partial charge in [0, 0.05) is 23.5 Å². The number of nitrogens with zero attached hydrogens (tertiary/aromatic N) is 4. The highest BCUT2D eigenvalue weighted by Crippen LogP contribution is 2.45. The van der Waals surface area contributed by atoms with Crippen LogP contribution in [-0.2, 0) is 30.4 Å². The van der Waals surface area contributed by atoms with Gasteiger partial charge in [-0.3, -0.25) is 13.7 Å². The van der Waals surface area contributed by atoms with Crippen molar-refractivity contribution < 1.29 is 44.0 Å². The molecule has 0 aliphatic heterocycles. The van der Waals surface area contributed by atoms with Gasteiger partial charge in [-0.25, -0.2) is 0 Å². The molecular weight excluding hydrogens is 1300 g/mol. The van der Waals surface area contributed by atoms with E-state index in [1.54, 1.807) is 24.3 Å². The number of phenols is 1. The maximum Gasteiger partial charge on any atom is 0.298 e. The molecule has 4 rings (SSSR count). The summed E-state index contributed by atoms with van der Waals surface area (Å²) >= 11 is 0. The smallest absolute Gasteiger partial charge is 0.298 e. The number of benzene rings is 4.